The van der Waals surface area contributed by atoms with Crippen LogP contribution in [-0.2, 0) is 11.2 Å². The van der Waals surface area contributed by atoms with Crippen molar-refractivity contribution in [2.75, 3.05) is 19.7 Å². The highest BCUT2D eigenvalue weighted by molar-refractivity contribution is 7.09. The fourth-order valence-electron chi connectivity index (χ4n) is 3.70. The molecule has 0 spiro atoms. The van der Waals surface area contributed by atoms with Gasteiger partial charge in [0, 0.05) is 48.9 Å². The molecule has 3 atom stereocenters. The van der Waals surface area contributed by atoms with Crippen molar-refractivity contribution in [3.63, 3.8) is 0 Å². The minimum Gasteiger partial charge on any atom is -0.377 e. The molecule has 0 N–H and O–H groups in total. The number of carbonyl (C=O) groups excluding carboxylic acids is 1. The molecule has 0 radical (unpaired) electrons. The maximum Gasteiger partial charge on any atom is 0.291 e. The minimum absolute atomic E-state index is 0.0759. The number of hydrogen-bond acceptors (Lipinski definition) is 6. The van der Waals surface area contributed by atoms with Crippen LogP contribution >= 0.6 is 11.3 Å². The predicted octanol–water partition coefficient (Wildman–Crippen LogP) is 1.96. The molecular weight excluding hydrogens is 324 g/mol. The largest absolute Gasteiger partial charge is 0.377 e. The van der Waals surface area contributed by atoms with Gasteiger partial charge in [-0.1, -0.05) is 0 Å². The zero-order chi connectivity index (χ0) is 16.5. The topological polar surface area (TPSA) is 68.2 Å². The van der Waals surface area contributed by atoms with Gasteiger partial charge in [0.1, 0.15) is 0 Å². The van der Waals surface area contributed by atoms with E-state index in [1.165, 1.54) is 0 Å². The molecule has 24 heavy (non-hydrogen) atoms. The molecule has 0 aromatic carbocycles. The molecule has 2 aliphatic heterocycles. The first-order chi connectivity index (χ1) is 11.7. The molecular formula is C17H20N4O2S. The molecule has 7 heteroatoms. The summed E-state index contributed by atoms with van der Waals surface area (Å²) in [5.74, 6) is 1.12. The maximum atomic E-state index is 12.5. The molecule has 0 aliphatic carbocycles. The summed E-state index contributed by atoms with van der Waals surface area (Å²) < 4.78 is 6.04. The Bertz CT molecular complexity index is 720. The van der Waals surface area contributed by atoms with Gasteiger partial charge in [0.05, 0.1) is 17.7 Å². The van der Waals surface area contributed by atoms with E-state index in [1.807, 2.05) is 11.8 Å². The summed E-state index contributed by atoms with van der Waals surface area (Å²) in [6, 6.07) is 1.72. The molecule has 0 bridgehead atoms. The van der Waals surface area contributed by atoms with E-state index in [2.05, 4.69) is 20.3 Å². The van der Waals surface area contributed by atoms with Crippen molar-refractivity contribution in [1.82, 2.24) is 19.9 Å². The molecule has 4 rings (SSSR count). The highest BCUT2D eigenvalue weighted by Crippen LogP contribution is 2.36. The van der Waals surface area contributed by atoms with Crippen LogP contribution < -0.4 is 0 Å². The van der Waals surface area contributed by atoms with Crippen LogP contribution in [0.25, 0.3) is 0 Å². The highest BCUT2D eigenvalue weighted by atomic mass is 32.1. The summed E-state index contributed by atoms with van der Waals surface area (Å²) in [7, 11) is 0. The van der Waals surface area contributed by atoms with E-state index in [4.69, 9.17) is 4.74 Å². The summed E-state index contributed by atoms with van der Waals surface area (Å²) >= 11 is 1.71. The molecule has 0 unspecified atom stereocenters. The fourth-order valence-corrected chi connectivity index (χ4v) is 4.52. The van der Waals surface area contributed by atoms with E-state index in [-0.39, 0.29) is 17.8 Å². The van der Waals surface area contributed by atoms with E-state index in [1.54, 1.807) is 29.8 Å². The number of carbonyl (C=O) groups is 1. The maximum absolute atomic E-state index is 12.5. The predicted molar refractivity (Wildman–Crippen MR) is 89.8 cm³/mol. The molecule has 2 aliphatic rings. The second-order valence-corrected chi connectivity index (χ2v) is 7.44. The molecule has 2 saturated heterocycles. The van der Waals surface area contributed by atoms with Gasteiger partial charge in [-0.05, 0) is 25.3 Å². The number of piperidine rings is 1. The van der Waals surface area contributed by atoms with E-state index in [0.29, 0.717) is 11.8 Å². The molecule has 4 heterocycles. The van der Waals surface area contributed by atoms with Gasteiger partial charge in [0.2, 0.25) is 5.82 Å². The molecule has 0 saturated carbocycles. The normalized spacial score (nSPS) is 26.4. The number of fused-ring (bicyclic) bond motifs is 1. The Labute approximate surface area is 144 Å². The van der Waals surface area contributed by atoms with Crippen molar-refractivity contribution in [3.05, 3.63) is 40.4 Å². The van der Waals surface area contributed by atoms with Crippen LogP contribution in [0, 0.1) is 18.8 Å². The van der Waals surface area contributed by atoms with Crippen LogP contribution in [0.15, 0.2) is 23.8 Å². The third-order valence-corrected chi connectivity index (χ3v) is 5.87. The van der Waals surface area contributed by atoms with Gasteiger partial charge in [-0.25, -0.2) is 15.0 Å². The van der Waals surface area contributed by atoms with Gasteiger partial charge in [0.15, 0.2) is 0 Å². The Morgan fingerprint density at radius 2 is 2.25 bits per heavy atom. The van der Waals surface area contributed by atoms with Gasteiger partial charge in [0.25, 0.3) is 5.91 Å². The van der Waals surface area contributed by atoms with Crippen LogP contribution in [0.2, 0.25) is 0 Å². The number of amides is 1. The third-order valence-electron chi connectivity index (χ3n) is 4.88. The first-order valence-corrected chi connectivity index (χ1v) is 9.17. The lowest BCUT2D eigenvalue weighted by atomic mass is 9.83. The Kier molecular flexibility index (Phi) is 4.28. The van der Waals surface area contributed by atoms with Gasteiger partial charge >= 0.3 is 0 Å². The zero-order valence-electron chi connectivity index (χ0n) is 13.6. The average Bonchev–Trinajstić information content (AvgIpc) is 3.21. The smallest absolute Gasteiger partial charge is 0.291 e. The molecule has 2 fully saturated rings. The van der Waals surface area contributed by atoms with Crippen LogP contribution in [0.1, 0.15) is 27.7 Å². The quantitative estimate of drug-likeness (QED) is 0.851. The summed E-state index contributed by atoms with van der Waals surface area (Å²) in [6.07, 6.45) is 5.30. The van der Waals surface area contributed by atoms with Gasteiger partial charge in [-0.3, -0.25) is 4.79 Å². The lowest BCUT2D eigenvalue weighted by Gasteiger charge is -2.35. The number of thiazole rings is 1. The number of ether oxygens (including phenoxy) is 1. The second kappa shape index (κ2) is 6.57. The van der Waals surface area contributed by atoms with Crippen molar-refractivity contribution in [3.8, 4) is 0 Å². The molecule has 2 aromatic heterocycles. The Hall–Kier alpha value is -1.86. The average molecular weight is 344 g/mol. The van der Waals surface area contributed by atoms with Crippen LogP contribution in [-0.4, -0.2) is 51.6 Å². The van der Waals surface area contributed by atoms with Crippen LogP contribution in [0.3, 0.4) is 0 Å². The van der Waals surface area contributed by atoms with E-state index in [9.17, 15) is 4.79 Å². The van der Waals surface area contributed by atoms with Crippen molar-refractivity contribution in [2.45, 2.75) is 25.9 Å². The van der Waals surface area contributed by atoms with Crippen molar-refractivity contribution >= 4 is 17.2 Å². The van der Waals surface area contributed by atoms with E-state index < -0.39 is 0 Å². The second-order valence-electron chi connectivity index (χ2n) is 6.49. The number of aryl methyl sites for hydroxylation is 1. The molecule has 126 valence electrons. The minimum atomic E-state index is -0.0759. The van der Waals surface area contributed by atoms with Crippen LogP contribution in [0.5, 0.6) is 0 Å². The lowest BCUT2D eigenvalue weighted by Crippen LogP contribution is -2.45. The fraction of sp³-hybridized carbons (Fsp3) is 0.529. The van der Waals surface area contributed by atoms with Gasteiger partial charge in [-0.15, -0.1) is 11.3 Å². The summed E-state index contributed by atoms with van der Waals surface area (Å²) in [5.41, 5.74) is 1.08. The number of likely N-dealkylation sites (tertiary alicyclic amines) is 1. The van der Waals surface area contributed by atoms with Crippen molar-refractivity contribution in [1.29, 1.82) is 0 Å². The third kappa shape index (κ3) is 3.06. The van der Waals surface area contributed by atoms with Crippen LogP contribution in [0.4, 0.5) is 0 Å². The van der Waals surface area contributed by atoms with Crippen molar-refractivity contribution < 1.29 is 9.53 Å². The zero-order valence-corrected chi connectivity index (χ0v) is 14.4. The SMILES string of the molecule is Cc1csc(C[C@@H]2OC[C@@H]3CN(C(=O)c4ncccn4)CC[C@@H]32)n1. The number of rotatable bonds is 3. The van der Waals surface area contributed by atoms with E-state index >= 15 is 0 Å². The summed E-state index contributed by atoms with van der Waals surface area (Å²) in [6.45, 7) is 4.22. The van der Waals surface area contributed by atoms with Gasteiger partial charge in [-0.2, -0.15) is 0 Å². The summed E-state index contributed by atoms with van der Waals surface area (Å²) in [5, 5.41) is 3.23. The first-order valence-electron chi connectivity index (χ1n) is 8.29. The lowest BCUT2D eigenvalue weighted by molar-refractivity contribution is 0.0600. The standard InChI is InChI=1S/C17H20N4O2S/c1-11-10-24-15(20-11)7-14-13-3-6-21(8-12(13)9-23-14)17(22)16-18-4-2-5-19-16/h2,4-5,10,12-14H,3,6-9H2,1H3/t12-,13-,14-/m0/s1. The monoisotopic (exact) mass is 344 g/mol. The van der Waals surface area contributed by atoms with E-state index in [0.717, 1.165) is 43.2 Å². The number of nitrogens with zero attached hydrogens (tertiary/aromatic N) is 4. The number of hydrogen-bond donors (Lipinski definition) is 0. The summed E-state index contributed by atoms with van der Waals surface area (Å²) in [4.78, 5) is 27.1. The highest BCUT2D eigenvalue weighted by Gasteiger charge is 2.42. The molecule has 1 amide bonds. The Morgan fingerprint density at radius 1 is 1.42 bits per heavy atom. The van der Waals surface area contributed by atoms with Crippen molar-refractivity contribution in [2.24, 2.45) is 11.8 Å². The molecule has 6 nitrogen and oxygen atoms in total. The first kappa shape index (κ1) is 15.7. The Morgan fingerprint density at radius 3 is 3.00 bits per heavy atom. The van der Waals surface area contributed by atoms with Gasteiger partial charge < -0.3 is 9.64 Å². The number of aromatic nitrogens is 3. The Balaban J connectivity index is 1.40. The molecule has 2 aromatic rings.